The third-order valence-corrected chi connectivity index (χ3v) is 7.54. The molecule has 0 atom stereocenters. The first-order chi connectivity index (χ1) is 24.8. The second-order valence-corrected chi connectivity index (χ2v) is 11.3. The maximum atomic E-state index is 11.8. The molecule has 0 heterocycles. The molecule has 6 aromatic rings. The van der Waals surface area contributed by atoms with Crippen molar-refractivity contribution in [1.82, 2.24) is 0 Å². The van der Waals surface area contributed by atoms with Crippen LogP contribution in [0.25, 0.3) is 0 Å². The van der Waals surface area contributed by atoms with Gasteiger partial charge in [-0.3, -0.25) is 28.8 Å². The van der Waals surface area contributed by atoms with E-state index in [0.717, 1.165) is 0 Å². The van der Waals surface area contributed by atoms with E-state index in [-0.39, 0.29) is 92.6 Å². The summed E-state index contributed by atoms with van der Waals surface area (Å²) in [5.74, 6) is -0.836. The van der Waals surface area contributed by atoms with Crippen molar-refractivity contribution in [3.63, 3.8) is 0 Å². The Morgan fingerprint density at radius 1 is 0.231 bits per heavy atom. The Labute approximate surface area is 334 Å². The molecule has 0 amide bonds. The van der Waals surface area contributed by atoms with Crippen molar-refractivity contribution in [2.24, 2.45) is 0 Å². The smallest absolute Gasteiger partial charge is 0.294 e. The number of hydrogen-bond donors (Lipinski definition) is 0. The number of Topliss-reactive ketones (excluding diaryl/α,β-unsaturated/α-hetero) is 6. The number of benzene rings is 6. The monoisotopic (exact) mass is 831 g/mol. The van der Waals surface area contributed by atoms with Crippen LogP contribution in [-0.2, 0) is 0 Å². The van der Waals surface area contributed by atoms with Gasteiger partial charge in [0.2, 0.25) is 0 Å². The summed E-state index contributed by atoms with van der Waals surface area (Å²) in [6, 6.07) is 53.2. The molecule has 0 N–H and O–H groups in total. The van der Waals surface area contributed by atoms with Crippen LogP contribution in [0.1, 0.15) is 81.4 Å². The second-order valence-electron chi connectivity index (χ2n) is 11.3. The van der Waals surface area contributed by atoms with E-state index in [1.165, 1.54) is 0 Å². The summed E-state index contributed by atoms with van der Waals surface area (Å²) >= 11 is 0. The average Bonchev–Trinajstić information content (AvgIpc) is 3.20. The van der Waals surface area contributed by atoms with E-state index in [2.05, 4.69) is 0 Å². The van der Waals surface area contributed by atoms with Gasteiger partial charge >= 0.3 is 38.6 Å². The topological polar surface area (TPSA) is 102 Å². The van der Waals surface area contributed by atoms with Crippen LogP contribution in [0.4, 0.5) is 0 Å². The van der Waals surface area contributed by atoms with Crippen molar-refractivity contribution in [3.05, 3.63) is 215 Å². The minimum atomic E-state index is -0.139. The van der Waals surface area contributed by atoms with E-state index in [1.807, 2.05) is 36.4 Å². The molecule has 6 nitrogen and oxygen atoms in total. The van der Waals surface area contributed by atoms with E-state index in [9.17, 15) is 28.8 Å². The summed E-state index contributed by atoms with van der Waals surface area (Å²) < 4.78 is 0. The summed E-state index contributed by atoms with van der Waals surface area (Å²) in [7, 11) is 0. The zero-order valence-corrected chi connectivity index (χ0v) is 30.4. The number of rotatable bonds is 12. The van der Waals surface area contributed by atoms with Gasteiger partial charge in [-0.25, -0.2) is 0 Å². The van der Waals surface area contributed by atoms with Gasteiger partial charge in [0.1, 0.15) is 0 Å². The van der Waals surface area contributed by atoms with Crippen LogP contribution in [0.3, 0.4) is 0 Å². The molecule has 0 aliphatic carbocycles. The molecule has 0 aliphatic rings. The number of ketones is 6. The molecule has 0 fully saturated rings. The molecular weight excluding hydrogens is 795 g/mol. The van der Waals surface area contributed by atoms with Gasteiger partial charge in [-0.05, 0) is 0 Å². The fourth-order valence-electron chi connectivity index (χ4n) is 4.79. The van der Waals surface area contributed by atoms with E-state index < -0.39 is 0 Å². The Hall–Kier alpha value is -5.37. The molecule has 0 aromatic heterocycles. The third-order valence-electron chi connectivity index (χ3n) is 7.54. The molecule has 6 rings (SSSR count). The van der Waals surface area contributed by atoms with Gasteiger partial charge < -0.3 is 0 Å². The molecule has 0 aliphatic heterocycles. The van der Waals surface area contributed by atoms with Gasteiger partial charge in [0.05, 0.1) is 19.3 Å². The summed E-state index contributed by atoms with van der Waals surface area (Å²) in [6.45, 7) is 0. The zero-order valence-electron chi connectivity index (χ0n) is 28.2. The summed E-state index contributed by atoms with van der Waals surface area (Å²) in [6.07, 6.45) is -0.226. The summed E-state index contributed by atoms with van der Waals surface area (Å²) in [5, 5.41) is 0. The predicted octanol–water partition coefficient (Wildman–Crippen LogP) is 9.43. The first-order valence-corrected chi connectivity index (χ1v) is 16.3. The van der Waals surface area contributed by atoms with Gasteiger partial charge in [-0.2, -0.15) is 0 Å². The fourth-order valence-corrected chi connectivity index (χ4v) is 4.79. The fraction of sp³-hybridized carbons (Fsp3) is 0.0667. The van der Waals surface area contributed by atoms with Crippen molar-refractivity contribution in [2.75, 3.05) is 0 Å². The molecule has 0 saturated heterocycles. The van der Waals surface area contributed by atoms with Crippen LogP contribution in [0.15, 0.2) is 182 Å². The molecule has 0 unspecified atom stereocenters. The first-order valence-electron chi connectivity index (χ1n) is 16.3. The van der Waals surface area contributed by atoms with Crippen molar-refractivity contribution < 1.29 is 67.4 Å². The maximum Gasteiger partial charge on any atom is 3.00 e. The minimum Gasteiger partial charge on any atom is -0.294 e. The zero-order chi connectivity index (χ0) is 36.3. The summed E-state index contributed by atoms with van der Waals surface area (Å²) in [5.41, 5.74) is 3.48. The molecule has 7 heteroatoms. The predicted molar refractivity (Wildman–Crippen MR) is 198 cm³/mol. The largest absolute Gasteiger partial charge is 3.00 e. The standard InChI is InChI=1S/3C15H12O2.Tb/c3*16-14(12-7-3-1-4-8-12)11-15(17)13-9-5-2-6-10-13;/h3*1-10H,11H2;/q;;;+3. The van der Waals surface area contributed by atoms with Crippen molar-refractivity contribution in [3.8, 4) is 0 Å². The molecule has 6 aromatic carbocycles. The Balaban J connectivity index is 0.000000208. The first kappa shape index (κ1) is 41.0. The summed E-state index contributed by atoms with van der Waals surface area (Å²) in [4.78, 5) is 70.8. The molecule has 0 radical (unpaired) electrons. The molecule has 52 heavy (non-hydrogen) atoms. The van der Waals surface area contributed by atoms with Gasteiger partial charge in [0.15, 0.2) is 34.7 Å². The van der Waals surface area contributed by atoms with Crippen LogP contribution in [0.2, 0.25) is 0 Å². The van der Waals surface area contributed by atoms with Gasteiger partial charge in [-0.15, -0.1) is 0 Å². The number of hydrogen-bond acceptors (Lipinski definition) is 6. The van der Waals surface area contributed by atoms with Crippen LogP contribution in [-0.4, -0.2) is 34.7 Å². The van der Waals surface area contributed by atoms with E-state index in [0.29, 0.717) is 33.4 Å². The van der Waals surface area contributed by atoms with E-state index in [4.69, 9.17) is 0 Å². The molecule has 258 valence electrons. The van der Waals surface area contributed by atoms with Crippen LogP contribution in [0.5, 0.6) is 0 Å². The quantitative estimate of drug-likeness (QED) is 0.0900. The molecular formula is C45H36O6Tb+3. The third kappa shape index (κ3) is 13.7. The molecule has 0 spiro atoms. The SMILES string of the molecule is O=C(CC(=O)c1ccccc1)c1ccccc1.O=C(CC(=O)c1ccccc1)c1ccccc1.O=C(CC(=O)c1ccccc1)c1ccccc1.[Tb+3]. The number of carbonyl (C=O) groups excluding carboxylic acids is 6. The van der Waals surface area contributed by atoms with E-state index >= 15 is 0 Å². The maximum absolute atomic E-state index is 11.8. The Morgan fingerprint density at radius 3 is 0.462 bits per heavy atom. The van der Waals surface area contributed by atoms with Crippen LogP contribution >= 0.6 is 0 Å². The Bertz CT molecular complexity index is 1640. The van der Waals surface area contributed by atoms with Crippen molar-refractivity contribution >= 4 is 34.7 Å². The Morgan fingerprint density at radius 2 is 0.346 bits per heavy atom. The normalized spacial score (nSPS) is 9.69. The van der Waals surface area contributed by atoms with Crippen LogP contribution in [0, 0.1) is 38.6 Å². The molecule has 0 bridgehead atoms. The minimum absolute atomic E-state index is 0. The van der Waals surface area contributed by atoms with Crippen molar-refractivity contribution in [1.29, 1.82) is 0 Å². The van der Waals surface area contributed by atoms with Gasteiger partial charge in [-0.1, -0.05) is 182 Å². The number of carbonyl (C=O) groups is 6. The van der Waals surface area contributed by atoms with Crippen molar-refractivity contribution in [2.45, 2.75) is 19.3 Å². The van der Waals surface area contributed by atoms with E-state index in [1.54, 1.807) is 146 Å². The Kier molecular flexibility index (Phi) is 17.7. The molecule has 0 saturated carbocycles. The second kappa shape index (κ2) is 22.4. The van der Waals surface area contributed by atoms with Gasteiger partial charge in [0.25, 0.3) is 0 Å². The average molecular weight is 832 g/mol. The van der Waals surface area contributed by atoms with Crippen LogP contribution < -0.4 is 0 Å². The van der Waals surface area contributed by atoms with Gasteiger partial charge in [0, 0.05) is 33.4 Å².